The molecule has 0 aliphatic carbocycles. The highest BCUT2D eigenvalue weighted by atomic mass is 35.5. The highest BCUT2D eigenvalue weighted by molar-refractivity contribution is 7.09. The number of alkyl carbamates (subject to hydrolysis) is 1. The van der Waals surface area contributed by atoms with E-state index < -0.39 is 12.5 Å². The summed E-state index contributed by atoms with van der Waals surface area (Å²) in [5.41, 5.74) is 1.36. The van der Waals surface area contributed by atoms with Crippen LogP contribution < -0.4 is 15.0 Å². The molecule has 0 bridgehead atoms. The summed E-state index contributed by atoms with van der Waals surface area (Å²) in [6.45, 7) is 2.14. The van der Waals surface area contributed by atoms with E-state index in [1.807, 2.05) is 6.92 Å². The van der Waals surface area contributed by atoms with Crippen molar-refractivity contribution in [2.24, 2.45) is 0 Å². The molecule has 3 rings (SSSR count). The summed E-state index contributed by atoms with van der Waals surface area (Å²) < 4.78 is 45.4. The molecule has 0 fully saturated rings. The minimum atomic E-state index is -4.78. The van der Waals surface area contributed by atoms with Gasteiger partial charge in [0.1, 0.15) is 23.1 Å². The molecule has 0 radical (unpaired) electrons. The molecule has 0 unspecified atom stereocenters. The maximum atomic E-state index is 12.8. The fourth-order valence-corrected chi connectivity index (χ4v) is 3.74. The molecule has 0 aliphatic rings. The molecular formula is C22H19ClF3N3O4S. The third-order valence-corrected chi connectivity index (χ3v) is 5.45. The molecule has 0 saturated heterocycles. The molecule has 2 amide bonds. The summed E-state index contributed by atoms with van der Waals surface area (Å²) >= 11 is 7.22. The summed E-state index contributed by atoms with van der Waals surface area (Å²) in [5.74, 6) is -0.667. The van der Waals surface area contributed by atoms with E-state index in [0.29, 0.717) is 27.8 Å². The molecule has 2 aromatic carbocycles. The number of hydrogen-bond acceptors (Lipinski definition) is 6. The van der Waals surface area contributed by atoms with E-state index >= 15 is 0 Å². The van der Waals surface area contributed by atoms with Gasteiger partial charge in [-0.3, -0.25) is 4.79 Å². The van der Waals surface area contributed by atoms with E-state index in [9.17, 15) is 22.8 Å². The zero-order chi connectivity index (χ0) is 24.7. The van der Waals surface area contributed by atoms with Crippen molar-refractivity contribution in [1.82, 2.24) is 10.3 Å². The molecule has 1 N–H and O–H groups in total. The summed E-state index contributed by atoms with van der Waals surface area (Å²) in [7, 11) is 0. The number of halogens is 4. The lowest BCUT2D eigenvalue weighted by Crippen LogP contribution is -2.31. The largest absolute Gasteiger partial charge is 0.573 e. The van der Waals surface area contributed by atoms with Gasteiger partial charge in [-0.25, -0.2) is 9.78 Å². The van der Waals surface area contributed by atoms with E-state index in [1.54, 1.807) is 29.6 Å². The van der Waals surface area contributed by atoms with Crippen LogP contribution in [0.4, 0.5) is 23.7 Å². The minimum Gasteiger partial charge on any atom is -0.445 e. The van der Waals surface area contributed by atoms with Gasteiger partial charge < -0.3 is 19.7 Å². The zero-order valence-electron chi connectivity index (χ0n) is 17.8. The predicted octanol–water partition coefficient (Wildman–Crippen LogP) is 5.79. The van der Waals surface area contributed by atoms with Crippen molar-refractivity contribution >= 4 is 40.6 Å². The van der Waals surface area contributed by atoms with Crippen LogP contribution in [0.3, 0.4) is 0 Å². The van der Waals surface area contributed by atoms with Crippen LogP contribution >= 0.6 is 22.9 Å². The lowest BCUT2D eigenvalue weighted by Gasteiger charge is -2.20. The fourth-order valence-electron chi connectivity index (χ4n) is 2.85. The summed E-state index contributed by atoms with van der Waals surface area (Å²) in [6, 6.07) is 11.9. The number of ether oxygens (including phenoxy) is 2. The Bertz CT molecular complexity index is 1140. The number of carbonyl (C=O) groups is 2. The van der Waals surface area contributed by atoms with Crippen molar-refractivity contribution in [3.05, 3.63) is 75.2 Å². The Balaban J connectivity index is 1.49. The molecule has 1 heterocycles. The molecule has 12 heteroatoms. The van der Waals surface area contributed by atoms with Crippen molar-refractivity contribution in [3.8, 4) is 5.75 Å². The second-order valence-corrected chi connectivity index (χ2v) is 8.16. The van der Waals surface area contributed by atoms with Crippen LogP contribution in [-0.4, -0.2) is 29.9 Å². The quantitative estimate of drug-likeness (QED) is 0.412. The van der Waals surface area contributed by atoms with Gasteiger partial charge in [-0.1, -0.05) is 29.8 Å². The van der Waals surface area contributed by atoms with Crippen LogP contribution in [0, 0.1) is 0 Å². The number of carbonyl (C=O) groups excluding carboxylic acids is 2. The highest BCUT2D eigenvalue weighted by Gasteiger charge is 2.31. The maximum Gasteiger partial charge on any atom is 0.573 e. The Hall–Kier alpha value is -3.31. The molecular weight excluding hydrogens is 495 g/mol. The molecule has 0 aliphatic heterocycles. The van der Waals surface area contributed by atoms with E-state index in [0.717, 1.165) is 12.1 Å². The normalized spacial score (nSPS) is 11.1. The lowest BCUT2D eigenvalue weighted by atomic mass is 10.2. The summed E-state index contributed by atoms with van der Waals surface area (Å²) in [6.07, 6.45) is -5.52. The Morgan fingerprint density at radius 1 is 1.18 bits per heavy atom. The van der Waals surface area contributed by atoms with Gasteiger partial charge in [0.2, 0.25) is 0 Å². The minimum absolute atomic E-state index is 0.0401. The molecule has 7 nitrogen and oxygen atoms in total. The Morgan fingerprint density at radius 2 is 1.91 bits per heavy atom. The SMILES string of the molecule is CCN(C(=O)c1csc(CNC(=O)OCc2ccc(OC(F)(F)F)cc2)n1)c1cccc(Cl)c1. The van der Waals surface area contributed by atoms with Crippen LogP contribution in [0.2, 0.25) is 5.02 Å². The second kappa shape index (κ2) is 11.2. The molecule has 1 aromatic heterocycles. The van der Waals surface area contributed by atoms with Gasteiger partial charge in [0.25, 0.3) is 5.91 Å². The number of aromatic nitrogens is 1. The Morgan fingerprint density at radius 3 is 2.56 bits per heavy atom. The van der Waals surface area contributed by atoms with Crippen LogP contribution in [0.1, 0.15) is 28.0 Å². The number of nitrogens with zero attached hydrogens (tertiary/aromatic N) is 2. The average Bonchev–Trinajstić information content (AvgIpc) is 3.26. The lowest BCUT2D eigenvalue weighted by molar-refractivity contribution is -0.274. The summed E-state index contributed by atoms with van der Waals surface area (Å²) in [4.78, 5) is 30.6. The number of thiazole rings is 1. The third-order valence-electron chi connectivity index (χ3n) is 4.36. The van der Waals surface area contributed by atoms with Crippen LogP contribution in [0.25, 0.3) is 0 Å². The van der Waals surface area contributed by atoms with E-state index in [2.05, 4.69) is 15.0 Å². The number of amides is 2. The number of benzene rings is 2. The molecule has 0 spiro atoms. The van der Waals surface area contributed by atoms with E-state index in [4.69, 9.17) is 16.3 Å². The number of anilines is 1. The smallest absolute Gasteiger partial charge is 0.445 e. The first-order valence-electron chi connectivity index (χ1n) is 9.91. The van der Waals surface area contributed by atoms with Crippen molar-refractivity contribution in [2.45, 2.75) is 26.4 Å². The average molecular weight is 514 g/mol. The van der Waals surface area contributed by atoms with Gasteiger partial charge in [0.15, 0.2) is 0 Å². The predicted molar refractivity (Wildman–Crippen MR) is 121 cm³/mol. The molecule has 180 valence electrons. The topological polar surface area (TPSA) is 80.8 Å². The van der Waals surface area contributed by atoms with Gasteiger partial charge >= 0.3 is 12.5 Å². The van der Waals surface area contributed by atoms with Crippen molar-refractivity contribution < 1.29 is 32.2 Å². The van der Waals surface area contributed by atoms with Crippen LogP contribution in [0.5, 0.6) is 5.75 Å². The molecule has 0 atom stereocenters. The molecule has 0 saturated carbocycles. The second-order valence-electron chi connectivity index (χ2n) is 6.78. The van der Waals surface area contributed by atoms with Gasteiger partial charge in [-0.2, -0.15) is 0 Å². The first kappa shape index (κ1) is 25.3. The first-order valence-corrected chi connectivity index (χ1v) is 11.2. The number of rotatable bonds is 8. The van der Waals surface area contributed by atoms with Crippen LogP contribution in [0.15, 0.2) is 53.9 Å². The number of hydrogen-bond donors (Lipinski definition) is 1. The van der Waals surface area contributed by atoms with Crippen molar-refractivity contribution in [2.75, 3.05) is 11.4 Å². The standard InChI is InChI=1S/C22H19ClF3N3O4S/c1-2-29(16-5-3-4-15(23)10-16)20(30)18-13-34-19(28-18)11-27-21(31)32-12-14-6-8-17(9-7-14)33-22(24,25)26/h3-10,13H,2,11-12H2,1H3,(H,27,31). The van der Waals surface area contributed by atoms with E-state index in [1.165, 1.54) is 28.4 Å². The maximum absolute atomic E-state index is 12.8. The van der Waals surface area contributed by atoms with Crippen molar-refractivity contribution in [1.29, 1.82) is 0 Å². The molecule has 34 heavy (non-hydrogen) atoms. The zero-order valence-corrected chi connectivity index (χ0v) is 19.3. The van der Waals surface area contributed by atoms with E-state index in [-0.39, 0.29) is 30.5 Å². The van der Waals surface area contributed by atoms with Crippen LogP contribution in [-0.2, 0) is 17.9 Å². The van der Waals surface area contributed by atoms with Gasteiger partial charge in [0.05, 0.1) is 6.54 Å². The van der Waals surface area contributed by atoms with Gasteiger partial charge in [-0.05, 0) is 42.8 Å². The fraction of sp³-hybridized carbons (Fsp3) is 0.227. The van der Waals surface area contributed by atoms with Gasteiger partial charge in [0, 0.05) is 22.6 Å². The summed E-state index contributed by atoms with van der Waals surface area (Å²) in [5, 5.41) is 5.12. The molecule has 3 aromatic rings. The first-order chi connectivity index (χ1) is 16.1. The number of nitrogens with one attached hydrogen (secondary N) is 1. The number of alkyl halides is 3. The third kappa shape index (κ3) is 7.35. The Kier molecular flexibility index (Phi) is 8.35. The monoisotopic (exact) mass is 513 g/mol. The Labute approximate surface area is 202 Å². The van der Waals surface area contributed by atoms with Gasteiger partial charge in [-0.15, -0.1) is 24.5 Å². The highest BCUT2D eigenvalue weighted by Crippen LogP contribution is 2.23. The van der Waals surface area contributed by atoms with Crippen molar-refractivity contribution in [3.63, 3.8) is 0 Å².